The first-order chi connectivity index (χ1) is 11.6. The minimum absolute atomic E-state index is 0.365. The van der Waals surface area contributed by atoms with Crippen molar-refractivity contribution >= 4 is 7.82 Å². The van der Waals surface area contributed by atoms with Crippen LogP contribution >= 0.6 is 7.82 Å². The van der Waals surface area contributed by atoms with Gasteiger partial charge in [0, 0.05) is 25.5 Å². The van der Waals surface area contributed by atoms with Gasteiger partial charge in [0.25, 0.3) is 0 Å². The summed E-state index contributed by atoms with van der Waals surface area (Å²) in [7, 11) is -3.56. The minimum atomic E-state index is -3.56. The molecule has 1 atom stereocenters. The van der Waals surface area contributed by atoms with Crippen LogP contribution in [-0.2, 0) is 18.1 Å². The van der Waals surface area contributed by atoms with Crippen LogP contribution in [0.3, 0.4) is 0 Å². The number of unbranched alkanes of at least 4 members (excludes halogenated alkanes) is 3. The molecule has 24 heavy (non-hydrogen) atoms. The highest BCUT2D eigenvalue weighted by Gasteiger charge is 2.36. The molecular formula is C17H35N2O4P. The summed E-state index contributed by atoms with van der Waals surface area (Å²) in [6.07, 6.45) is 9.82. The van der Waals surface area contributed by atoms with Gasteiger partial charge in [0.1, 0.15) is 0 Å². The topological polar surface area (TPSA) is 51.2 Å². The number of phosphoric ester groups is 1. The first kappa shape index (κ1) is 21.5. The maximum atomic E-state index is 12.9. The van der Waals surface area contributed by atoms with E-state index in [1.807, 2.05) is 38.1 Å². The Balaban J connectivity index is 2.69. The number of nitrogens with zero attached hydrogens (tertiary/aromatic N) is 2. The van der Waals surface area contributed by atoms with Crippen molar-refractivity contribution in [3.63, 3.8) is 0 Å². The Bertz CT molecular complexity index is 394. The zero-order valence-electron chi connectivity index (χ0n) is 15.8. The Morgan fingerprint density at radius 3 is 2.04 bits per heavy atom. The van der Waals surface area contributed by atoms with Gasteiger partial charge in [-0.25, -0.2) is 9.09 Å². The van der Waals surface area contributed by atoms with Crippen LogP contribution in [0.2, 0.25) is 0 Å². The highest BCUT2D eigenvalue weighted by molar-refractivity contribution is 7.48. The quantitative estimate of drug-likeness (QED) is 0.322. The molecule has 7 heteroatoms. The highest BCUT2D eigenvalue weighted by atomic mass is 31.2. The maximum Gasteiger partial charge on any atom is 0.478 e. The molecule has 0 aromatic rings. The van der Waals surface area contributed by atoms with Crippen LogP contribution in [0.15, 0.2) is 12.4 Å². The van der Waals surface area contributed by atoms with E-state index < -0.39 is 14.2 Å². The van der Waals surface area contributed by atoms with E-state index in [2.05, 4.69) is 11.8 Å². The normalized spacial score (nSPS) is 17.9. The molecule has 142 valence electrons. The summed E-state index contributed by atoms with van der Waals surface area (Å²) in [5, 5.41) is 0. The van der Waals surface area contributed by atoms with Crippen LogP contribution in [0.25, 0.3) is 0 Å². The Hall–Kier alpha value is -0.550. The number of phosphoric acid groups is 1. The zero-order valence-corrected chi connectivity index (χ0v) is 16.7. The minimum Gasteiger partial charge on any atom is -0.334 e. The van der Waals surface area contributed by atoms with E-state index >= 15 is 0 Å². The molecule has 0 amide bonds. The lowest BCUT2D eigenvalue weighted by atomic mass is 10.2. The Kier molecular flexibility index (Phi) is 10.7. The second kappa shape index (κ2) is 11.9. The molecule has 1 rings (SSSR count). The smallest absolute Gasteiger partial charge is 0.334 e. The largest absolute Gasteiger partial charge is 0.478 e. The summed E-state index contributed by atoms with van der Waals surface area (Å²) in [5.74, 6) is 0. The molecular weight excluding hydrogens is 327 g/mol. The Morgan fingerprint density at radius 2 is 1.50 bits per heavy atom. The second-order valence-electron chi connectivity index (χ2n) is 5.97. The van der Waals surface area contributed by atoms with Crippen molar-refractivity contribution in [2.24, 2.45) is 0 Å². The Morgan fingerprint density at radius 1 is 0.875 bits per heavy atom. The van der Waals surface area contributed by atoms with Crippen molar-refractivity contribution in [3.05, 3.63) is 12.4 Å². The fourth-order valence-electron chi connectivity index (χ4n) is 2.42. The van der Waals surface area contributed by atoms with Crippen LogP contribution in [0.5, 0.6) is 0 Å². The van der Waals surface area contributed by atoms with E-state index in [4.69, 9.17) is 13.6 Å². The molecule has 0 saturated carbocycles. The molecule has 0 N–H and O–H groups in total. The van der Waals surface area contributed by atoms with E-state index in [-0.39, 0.29) is 0 Å². The summed E-state index contributed by atoms with van der Waals surface area (Å²) in [6, 6.07) is 0. The van der Waals surface area contributed by atoms with Gasteiger partial charge < -0.3 is 9.80 Å². The van der Waals surface area contributed by atoms with Crippen molar-refractivity contribution in [1.82, 2.24) is 9.80 Å². The molecule has 1 unspecified atom stereocenters. The summed E-state index contributed by atoms with van der Waals surface area (Å²) >= 11 is 0. The fraction of sp³-hybridized carbons (Fsp3) is 0.882. The number of hydrogen-bond donors (Lipinski definition) is 0. The maximum absolute atomic E-state index is 12.9. The first-order valence-corrected chi connectivity index (χ1v) is 10.8. The standard InChI is InChI=1S/C17H35N2O4P/c1-5-9-10-11-12-19-14-13-18(8-4)17(19)23-24(20,21-15-6-2)22-16-7-3/h13-14,17H,5-12,15-16H2,1-4H3. The van der Waals surface area contributed by atoms with Gasteiger partial charge in [-0.05, 0) is 26.2 Å². The van der Waals surface area contributed by atoms with Gasteiger partial charge in [-0.3, -0.25) is 9.05 Å². The average Bonchev–Trinajstić information content (AvgIpc) is 2.96. The second-order valence-corrected chi connectivity index (χ2v) is 7.59. The van der Waals surface area contributed by atoms with Crippen LogP contribution in [-0.4, -0.2) is 42.5 Å². The SMILES string of the molecule is CCCCCCN1C=CN(CC)C1OP(=O)(OCCC)OCCC. The summed E-state index contributed by atoms with van der Waals surface area (Å²) < 4.78 is 29.7. The van der Waals surface area contributed by atoms with Gasteiger partial charge in [-0.2, -0.15) is 0 Å². The van der Waals surface area contributed by atoms with Crippen LogP contribution in [0.1, 0.15) is 66.2 Å². The molecule has 1 aliphatic heterocycles. The Labute approximate surface area is 147 Å². The van der Waals surface area contributed by atoms with Crippen molar-refractivity contribution in [2.45, 2.75) is 72.6 Å². The monoisotopic (exact) mass is 362 g/mol. The van der Waals surface area contributed by atoms with Crippen molar-refractivity contribution in [1.29, 1.82) is 0 Å². The summed E-state index contributed by atoms with van der Waals surface area (Å²) in [5.41, 5.74) is 0. The summed E-state index contributed by atoms with van der Waals surface area (Å²) in [6.45, 7) is 10.6. The molecule has 0 bridgehead atoms. The predicted molar refractivity (Wildman–Crippen MR) is 97.3 cm³/mol. The van der Waals surface area contributed by atoms with Gasteiger partial charge in [0.15, 0.2) is 0 Å². The third-order valence-electron chi connectivity index (χ3n) is 3.78. The van der Waals surface area contributed by atoms with E-state index in [9.17, 15) is 4.57 Å². The van der Waals surface area contributed by atoms with Crippen LogP contribution < -0.4 is 0 Å². The van der Waals surface area contributed by atoms with Gasteiger partial charge in [-0.1, -0.05) is 40.0 Å². The van der Waals surface area contributed by atoms with Crippen molar-refractivity contribution < 1.29 is 18.1 Å². The lowest BCUT2D eigenvalue weighted by molar-refractivity contribution is -0.0534. The lowest BCUT2D eigenvalue weighted by Gasteiger charge is -2.33. The van der Waals surface area contributed by atoms with Gasteiger partial charge in [0.05, 0.1) is 13.2 Å². The summed E-state index contributed by atoms with van der Waals surface area (Å²) in [4.78, 5) is 4.09. The molecule has 0 aromatic heterocycles. The molecule has 0 spiro atoms. The first-order valence-electron chi connectivity index (χ1n) is 9.37. The molecule has 0 aliphatic carbocycles. The number of hydrogen-bond acceptors (Lipinski definition) is 6. The molecule has 1 heterocycles. The third-order valence-corrected chi connectivity index (χ3v) is 5.23. The van der Waals surface area contributed by atoms with Crippen LogP contribution in [0, 0.1) is 0 Å². The molecule has 0 fully saturated rings. The third kappa shape index (κ3) is 7.14. The molecule has 1 aliphatic rings. The number of rotatable bonds is 14. The van der Waals surface area contributed by atoms with E-state index in [0.29, 0.717) is 13.2 Å². The zero-order chi connectivity index (χ0) is 17.8. The van der Waals surface area contributed by atoms with Gasteiger partial charge in [0.2, 0.25) is 6.35 Å². The molecule has 0 aromatic carbocycles. The molecule has 0 saturated heterocycles. The predicted octanol–water partition coefficient (Wildman–Crippen LogP) is 4.94. The van der Waals surface area contributed by atoms with E-state index in [1.165, 1.54) is 19.3 Å². The van der Waals surface area contributed by atoms with Gasteiger partial charge >= 0.3 is 7.82 Å². The van der Waals surface area contributed by atoms with Gasteiger partial charge in [-0.15, -0.1) is 0 Å². The average molecular weight is 362 g/mol. The fourth-order valence-corrected chi connectivity index (χ4v) is 3.90. The van der Waals surface area contributed by atoms with E-state index in [0.717, 1.165) is 32.4 Å². The van der Waals surface area contributed by atoms with Crippen molar-refractivity contribution in [2.75, 3.05) is 26.3 Å². The van der Waals surface area contributed by atoms with Crippen LogP contribution in [0.4, 0.5) is 0 Å². The lowest BCUT2D eigenvalue weighted by Crippen LogP contribution is -2.40. The molecule has 6 nitrogen and oxygen atoms in total. The highest BCUT2D eigenvalue weighted by Crippen LogP contribution is 2.52. The van der Waals surface area contributed by atoms with Crippen molar-refractivity contribution in [3.8, 4) is 0 Å². The molecule has 0 radical (unpaired) electrons. The van der Waals surface area contributed by atoms with E-state index in [1.54, 1.807) is 0 Å².